The number of aromatic amines is 1. The van der Waals surface area contributed by atoms with Gasteiger partial charge in [-0.25, -0.2) is 0 Å². The van der Waals surface area contributed by atoms with E-state index in [1.54, 1.807) is 0 Å². The second-order valence-corrected chi connectivity index (χ2v) is 7.75. The van der Waals surface area contributed by atoms with Crippen LogP contribution in [-0.2, 0) is 0 Å². The number of aromatic nitrogens is 1. The number of piperidine rings is 1. The lowest BCUT2D eigenvalue weighted by atomic mass is 9.79. The Hall–Kier alpha value is -1.81. The maximum atomic E-state index is 12.6. The van der Waals surface area contributed by atoms with Crippen molar-refractivity contribution in [3.8, 4) is 0 Å². The Balaban J connectivity index is 1.75. The molecule has 1 aliphatic heterocycles. The van der Waals surface area contributed by atoms with E-state index in [-0.39, 0.29) is 23.0 Å². The van der Waals surface area contributed by atoms with E-state index in [2.05, 4.69) is 43.3 Å². The van der Waals surface area contributed by atoms with Gasteiger partial charge in [0.25, 0.3) is 5.91 Å². The van der Waals surface area contributed by atoms with Crippen LogP contribution in [0.3, 0.4) is 0 Å². The average Bonchev–Trinajstić information content (AvgIpc) is 2.81. The number of benzene rings is 1. The predicted octanol–water partition coefficient (Wildman–Crippen LogP) is 3.21. The van der Waals surface area contributed by atoms with E-state index < -0.39 is 0 Å². The van der Waals surface area contributed by atoms with Gasteiger partial charge in [-0.15, -0.1) is 0 Å². The Bertz CT molecular complexity index is 683. The van der Waals surface area contributed by atoms with Crippen molar-refractivity contribution < 1.29 is 4.79 Å². The summed E-state index contributed by atoms with van der Waals surface area (Å²) < 4.78 is 0. The van der Waals surface area contributed by atoms with Gasteiger partial charge in [0.1, 0.15) is 0 Å². The number of fused-ring (bicyclic) bond motifs is 1. The number of rotatable bonds is 2. The third-order valence-electron chi connectivity index (χ3n) is 4.34. The summed E-state index contributed by atoms with van der Waals surface area (Å²) in [7, 11) is 0. The highest BCUT2D eigenvalue weighted by Crippen LogP contribution is 2.28. The number of carbonyl (C=O) groups excluding carboxylic acids is 1. The Morgan fingerprint density at radius 1 is 1.14 bits per heavy atom. The van der Waals surface area contributed by atoms with Crippen molar-refractivity contribution in [2.45, 2.75) is 57.7 Å². The van der Waals surface area contributed by atoms with Gasteiger partial charge in [-0.1, -0.05) is 6.07 Å². The minimum atomic E-state index is 0.00926. The van der Waals surface area contributed by atoms with E-state index >= 15 is 0 Å². The molecule has 0 saturated carbocycles. The second kappa shape index (κ2) is 5.13. The van der Waals surface area contributed by atoms with Crippen LogP contribution in [0.25, 0.3) is 10.9 Å². The van der Waals surface area contributed by atoms with Gasteiger partial charge in [0, 0.05) is 34.4 Å². The summed E-state index contributed by atoms with van der Waals surface area (Å²) in [4.78, 5) is 15.7. The number of carbonyl (C=O) groups is 1. The van der Waals surface area contributed by atoms with Gasteiger partial charge >= 0.3 is 0 Å². The van der Waals surface area contributed by atoms with Crippen molar-refractivity contribution in [2.75, 3.05) is 0 Å². The predicted molar refractivity (Wildman–Crippen MR) is 90.1 cm³/mol. The molecule has 3 rings (SSSR count). The summed E-state index contributed by atoms with van der Waals surface area (Å²) in [5.74, 6) is 0.00926. The highest BCUT2D eigenvalue weighted by molar-refractivity contribution is 5.98. The van der Waals surface area contributed by atoms with Gasteiger partial charge < -0.3 is 15.6 Å². The molecule has 0 radical (unpaired) electrons. The Labute approximate surface area is 131 Å². The molecular weight excluding hydrogens is 274 g/mol. The molecule has 0 atom stereocenters. The van der Waals surface area contributed by atoms with E-state index in [1.165, 1.54) is 0 Å². The van der Waals surface area contributed by atoms with Crippen molar-refractivity contribution >= 4 is 16.8 Å². The first-order chi connectivity index (χ1) is 10.2. The first-order valence-corrected chi connectivity index (χ1v) is 7.92. The third kappa shape index (κ3) is 3.17. The molecular formula is C18H25N3O. The van der Waals surface area contributed by atoms with Crippen LogP contribution in [0, 0.1) is 0 Å². The van der Waals surface area contributed by atoms with Gasteiger partial charge in [0.2, 0.25) is 0 Å². The van der Waals surface area contributed by atoms with Crippen LogP contribution in [0.4, 0.5) is 0 Å². The maximum absolute atomic E-state index is 12.6. The number of H-pyrrole nitrogens is 1. The molecule has 3 N–H and O–H groups in total. The Morgan fingerprint density at radius 3 is 2.50 bits per heavy atom. The van der Waals surface area contributed by atoms with E-state index in [9.17, 15) is 4.79 Å². The van der Waals surface area contributed by atoms with Crippen molar-refractivity contribution in [3.05, 3.63) is 36.0 Å². The number of nitrogens with one attached hydrogen (secondary N) is 3. The summed E-state index contributed by atoms with van der Waals surface area (Å²) >= 11 is 0. The molecule has 4 heteroatoms. The molecule has 118 valence electrons. The number of hydrogen-bond acceptors (Lipinski definition) is 2. The summed E-state index contributed by atoms with van der Waals surface area (Å²) in [6, 6.07) is 8.00. The van der Waals surface area contributed by atoms with Crippen LogP contribution >= 0.6 is 0 Å². The van der Waals surface area contributed by atoms with Crippen LogP contribution in [-0.4, -0.2) is 28.0 Å². The van der Waals surface area contributed by atoms with Crippen LogP contribution in [0.2, 0.25) is 0 Å². The second-order valence-electron chi connectivity index (χ2n) is 7.75. The summed E-state index contributed by atoms with van der Waals surface area (Å²) in [6.07, 6.45) is 3.77. The fourth-order valence-electron chi connectivity index (χ4n) is 3.88. The maximum Gasteiger partial charge on any atom is 0.251 e. The van der Waals surface area contributed by atoms with Gasteiger partial charge in [0.05, 0.1) is 0 Å². The molecule has 0 aliphatic carbocycles. The quantitative estimate of drug-likeness (QED) is 0.797. The molecule has 4 nitrogen and oxygen atoms in total. The van der Waals surface area contributed by atoms with Crippen LogP contribution in [0.5, 0.6) is 0 Å². The molecule has 1 aromatic heterocycles. The fraction of sp³-hybridized carbons (Fsp3) is 0.500. The molecule has 2 heterocycles. The smallest absolute Gasteiger partial charge is 0.251 e. The molecule has 2 aromatic rings. The van der Waals surface area contributed by atoms with Gasteiger partial charge in [-0.2, -0.15) is 0 Å². The van der Waals surface area contributed by atoms with Crippen molar-refractivity contribution in [2.24, 2.45) is 0 Å². The molecule has 1 saturated heterocycles. The summed E-state index contributed by atoms with van der Waals surface area (Å²) in [6.45, 7) is 8.77. The van der Waals surface area contributed by atoms with E-state index in [0.29, 0.717) is 5.56 Å². The van der Waals surface area contributed by atoms with E-state index in [0.717, 1.165) is 23.7 Å². The topological polar surface area (TPSA) is 56.9 Å². The monoisotopic (exact) mass is 299 g/mol. The van der Waals surface area contributed by atoms with Crippen LogP contribution in [0.15, 0.2) is 30.5 Å². The minimum absolute atomic E-state index is 0.00926. The minimum Gasteiger partial charge on any atom is -0.361 e. The molecule has 0 spiro atoms. The molecule has 22 heavy (non-hydrogen) atoms. The Kier molecular flexibility index (Phi) is 3.52. The van der Waals surface area contributed by atoms with Crippen molar-refractivity contribution in [1.82, 2.24) is 15.6 Å². The molecule has 1 amide bonds. The highest BCUT2D eigenvalue weighted by atomic mass is 16.1. The summed E-state index contributed by atoms with van der Waals surface area (Å²) in [5, 5.41) is 7.98. The molecule has 0 bridgehead atoms. The van der Waals surface area contributed by atoms with Gasteiger partial charge in [-0.3, -0.25) is 4.79 Å². The van der Waals surface area contributed by atoms with Crippen LogP contribution in [0.1, 0.15) is 50.9 Å². The standard InChI is InChI=1S/C18H25N3O/c1-17(2)10-14(11-18(3,4)21-17)20-16(22)13-6-5-12-7-8-19-15(12)9-13/h5-9,14,19,21H,10-11H2,1-4H3,(H,20,22). The lowest BCUT2D eigenvalue weighted by Gasteiger charge is -2.46. The zero-order valence-corrected chi connectivity index (χ0v) is 13.8. The van der Waals surface area contributed by atoms with Gasteiger partial charge in [0.15, 0.2) is 0 Å². The van der Waals surface area contributed by atoms with Gasteiger partial charge in [-0.05, 0) is 64.1 Å². The van der Waals surface area contributed by atoms with Crippen molar-refractivity contribution in [3.63, 3.8) is 0 Å². The molecule has 1 aliphatic rings. The highest BCUT2D eigenvalue weighted by Gasteiger charge is 2.38. The Morgan fingerprint density at radius 2 is 1.82 bits per heavy atom. The van der Waals surface area contributed by atoms with Crippen molar-refractivity contribution in [1.29, 1.82) is 0 Å². The third-order valence-corrected chi connectivity index (χ3v) is 4.34. The molecule has 1 fully saturated rings. The number of hydrogen-bond donors (Lipinski definition) is 3. The SMILES string of the molecule is CC1(C)CC(NC(=O)c2ccc3cc[nH]c3c2)CC(C)(C)N1. The number of amides is 1. The zero-order chi connectivity index (χ0) is 16.0. The lowest BCUT2D eigenvalue weighted by molar-refractivity contribution is 0.0873. The largest absolute Gasteiger partial charge is 0.361 e. The fourth-order valence-corrected chi connectivity index (χ4v) is 3.88. The van der Waals surface area contributed by atoms with Crippen LogP contribution < -0.4 is 10.6 Å². The summed E-state index contributed by atoms with van der Waals surface area (Å²) in [5.41, 5.74) is 1.77. The first kappa shape index (κ1) is 15.1. The first-order valence-electron chi connectivity index (χ1n) is 7.92. The lowest BCUT2D eigenvalue weighted by Crippen LogP contribution is -2.62. The molecule has 0 unspecified atom stereocenters. The average molecular weight is 299 g/mol. The molecule has 1 aromatic carbocycles. The van der Waals surface area contributed by atoms with E-state index in [4.69, 9.17) is 0 Å². The van der Waals surface area contributed by atoms with E-state index in [1.807, 2.05) is 30.5 Å². The normalized spacial score (nSPS) is 20.9. The zero-order valence-electron chi connectivity index (χ0n) is 13.8.